The van der Waals surface area contributed by atoms with Gasteiger partial charge in [0.1, 0.15) is 13.2 Å². The van der Waals surface area contributed by atoms with E-state index < -0.39 is 37.7 Å². The molecule has 0 aromatic carbocycles. The molecule has 0 rings (SSSR count). The number of amides is 2. The van der Waals surface area contributed by atoms with E-state index in [4.69, 9.17) is 15.6 Å². The number of hydrogen-bond donors (Lipinski definition) is 2. The summed E-state index contributed by atoms with van der Waals surface area (Å²) in [6.45, 7) is -1.64. The van der Waals surface area contributed by atoms with Crippen LogP contribution in [0.15, 0.2) is 0 Å². The lowest BCUT2D eigenvalue weighted by atomic mass is 9.94. The van der Waals surface area contributed by atoms with E-state index in [0.29, 0.717) is 6.42 Å². The SMILES string of the molecule is [2H][13C]([2H])([2H])C(CCC)(COC(N)=O)COC(N)=O. The molecule has 0 heterocycles. The van der Waals surface area contributed by atoms with Crippen molar-refractivity contribution in [3.63, 3.8) is 0 Å². The first-order valence-electron chi connectivity index (χ1n) is 5.99. The Labute approximate surface area is 93.1 Å². The maximum absolute atomic E-state index is 10.6. The van der Waals surface area contributed by atoms with Gasteiger partial charge in [0.05, 0.1) is 0 Å². The van der Waals surface area contributed by atoms with Crippen molar-refractivity contribution in [2.75, 3.05) is 13.2 Å². The molecule has 0 aromatic heterocycles. The fourth-order valence-corrected chi connectivity index (χ4v) is 1.08. The monoisotopic (exact) mass is 222 g/mol. The molecule has 2 amide bonds. The average molecular weight is 222 g/mol. The molecule has 0 aliphatic heterocycles. The summed E-state index contributed by atoms with van der Waals surface area (Å²) < 4.78 is 31.6. The molecule has 4 N–H and O–H groups in total. The fraction of sp³-hybridized carbons (Fsp3) is 0.778. The molecule has 0 saturated carbocycles. The van der Waals surface area contributed by atoms with Crippen LogP contribution in [0.25, 0.3) is 0 Å². The van der Waals surface area contributed by atoms with E-state index in [1.54, 1.807) is 6.92 Å². The summed E-state index contributed by atoms with van der Waals surface area (Å²) in [6.07, 6.45) is -1.50. The minimum absolute atomic E-state index is 0.171. The van der Waals surface area contributed by atoms with Crippen LogP contribution >= 0.6 is 0 Å². The van der Waals surface area contributed by atoms with Crippen LogP contribution in [0.1, 0.15) is 30.7 Å². The van der Waals surface area contributed by atoms with E-state index in [1.165, 1.54) is 0 Å². The van der Waals surface area contributed by atoms with Crippen LogP contribution in [0.4, 0.5) is 9.59 Å². The van der Waals surface area contributed by atoms with Crippen molar-refractivity contribution in [3.8, 4) is 0 Å². The van der Waals surface area contributed by atoms with Gasteiger partial charge in [-0.15, -0.1) is 0 Å². The van der Waals surface area contributed by atoms with Gasteiger partial charge in [0.25, 0.3) is 0 Å². The van der Waals surface area contributed by atoms with Gasteiger partial charge in [-0.25, -0.2) is 9.59 Å². The third-order valence-corrected chi connectivity index (χ3v) is 1.71. The minimum atomic E-state index is -2.48. The lowest BCUT2D eigenvalue weighted by Crippen LogP contribution is -2.33. The summed E-state index contributed by atoms with van der Waals surface area (Å²) in [7, 11) is 0. The van der Waals surface area contributed by atoms with E-state index in [-0.39, 0.29) is 6.42 Å². The van der Waals surface area contributed by atoms with Crippen molar-refractivity contribution < 1.29 is 23.2 Å². The molecule has 0 unspecified atom stereocenters. The Hall–Kier alpha value is -1.46. The lowest BCUT2D eigenvalue weighted by molar-refractivity contribution is 0.0367. The molecule has 0 bridgehead atoms. The summed E-state index contributed by atoms with van der Waals surface area (Å²) in [5, 5.41) is 0. The zero-order valence-corrected chi connectivity index (χ0v) is 8.62. The normalized spacial score (nSPS) is 14.6. The number of carbonyl (C=O) groups is 2. The van der Waals surface area contributed by atoms with Gasteiger partial charge < -0.3 is 20.9 Å². The van der Waals surface area contributed by atoms with Crippen molar-refractivity contribution in [3.05, 3.63) is 0 Å². The van der Waals surface area contributed by atoms with Gasteiger partial charge in [0, 0.05) is 9.53 Å². The molecule has 0 saturated heterocycles. The Morgan fingerprint density at radius 3 is 2.00 bits per heavy atom. The third kappa shape index (κ3) is 6.59. The number of ether oxygens (including phenoxy) is 2. The van der Waals surface area contributed by atoms with Crippen molar-refractivity contribution >= 4 is 12.2 Å². The highest BCUT2D eigenvalue weighted by Gasteiger charge is 2.26. The maximum Gasteiger partial charge on any atom is 0.404 e. The predicted octanol–water partition coefficient (Wildman–Crippen LogP) is 0.983. The predicted molar refractivity (Wildman–Crippen MR) is 54.1 cm³/mol. The second kappa shape index (κ2) is 6.10. The van der Waals surface area contributed by atoms with Crippen LogP contribution in [-0.4, -0.2) is 25.4 Å². The Morgan fingerprint density at radius 1 is 1.27 bits per heavy atom. The van der Waals surface area contributed by atoms with Gasteiger partial charge in [-0.1, -0.05) is 20.2 Å². The Morgan fingerprint density at radius 2 is 1.73 bits per heavy atom. The zero-order valence-electron chi connectivity index (χ0n) is 11.6. The molecule has 0 radical (unpaired) electrons. The largest absolute Gasteiger partial charge is 0.449 e. The Balaban J connectivity index is 5.01. The fourth-order valence-electron chi connectivity index (χ4n) is 1.08. The number of primary amides is 2. The van der Waals surface area contributed by atoms with Crippen LogP contribution in [0.3, 0.4) is 0 Å². The summed E-state index contributed by atoms with van der Waals surface area (Å²) >= 11 is 0. The van der Waals surface area contributed by atoms with Crippen LogP contribution in [0.2, 0.25) is 0 Å². The molecular weight excluding hydrogens is 201 g/mol. The highest BCUT2D eigenvalue weighted by molar-refractivity contribution is 5.65. The second-order valence-corrected chi connectivity index (χ2v) is 3.25. The quantitative estimate of drug-likeness (QED) is 0.653. The molecule has 0 atom stereocenters. The summed E-state index contributed by atoms with van der Waals surface area (Å²) in [6, 6.07) is 0. The van der Waals surface area contributed by atoms with E-state index in [1.807, 2.05) is 0 Å². The standard InChI is InChI=1S/C9H18N2O4/c1-3-4-9(2,5-14-7(10)12)6-15-8(11)13/h3-6H2,1-2H3,(H2,10,12)(H2,11,13)/i2+1D3. The van der Waals surface area contributed by atoms with Crippen LogP contribution in [0, 0.1) is 5.41 Å². The van der Waals surface area contributed by atoms with Gasteiger partial charge >= 0.3 is 12.2 Å². The van der Waals surface area contributed by atoms with Crippen molar-refractivity contribution in [1.82, 2.24) is 0 Å². The molecule has 0 aliphatic rings. The van der Waals surface area contributed by atoms with Crippen molar-refractivity contribution in [2.24, 2.45) is 16.9 Å². The molecular formula is C9H18N2O4. The molecule has 0 fully saturated rings. The summed E-state index contributed by atoms with van der Waals surface area (Å²) in [4.78, 5) is 21.2. The van der Waals surface area contributed by atoms with E-state index in [9.17, 15) is 9.59 Å². The zero-order chi connectivity index (χ0) is 14.4. The lowest BCUT2D eigenvalue weighted by Gasteiger charge is -2.27. The smallest absolute Gasteiger partial charge is 0.404 e. The maximum atomic E-state index is 10.6. The van der Waals surface area contributed by atoms with Crippen LogP contribution in [0.5, 0.6) is 0 Å². The van der Waals surface area contributed by atoms with Gasteiger partial charge in [-0.2, -0.15) is 0 Å². The molecule has 6 heteroatoms. The van der Waals surface area contributed by atoms with Gasteiger partial charge in [-0.3, -0.25) is 0 Å². The van der Waals surface area contributed by atoms with E-state index in [2.05, 4.69) is 9.47 Å². The number of rotatable bonds is 6. The highest BCUT2D eigenvalue weighted by Crippen LogP contribution is 2.24. The summed E-state index contributed by atoms with van der Waals surface area (Å²) in [5.41, 5.74) is 8.14. The molecule has 15 heavy (non-hydrogen) atoms. The van der Waals surface area contributed by atoms with Crippen molar-refractivity contribution in [2.45, 2.75) is 26.6 Å². The molecule has 88 valence electrons. The molecule has 0 spiro atoms. The topological polar surface area (TPSA) is 105 Å². The van der Waals surface area contributed by atoms with Crippen molar-refractivity contribution in [1.29, 1.82) is 0 Å². The first kappa shape index (κ1) is 8.82. The third-order valence-electron chi connectivity index (χ3n) is 1.71. The first-order chi connectivity index (χ1) is 8.14. The molecule has 0 aliphatic carbocycles. The molecule has 6 nitrogen and oxygen atoms in total. The highest BCUT2D eigenvalue weighted by atomic mass is 16.6. The number of nitrogens with two attached hydrogens (primary N) is 2. The Kier molecular flexibility index (Phi) is 3.59. The van der Waals surface area contributed by atoms with E-state index in [0.717, 1.165) is 0 Å². The van der Waals surface area contributed by atoms with E-state index >= 15 is 0 Å². The van der Waals surface area contributed by atoms with Gasteiger partial charge in [0.2, 0.25) is 0 Å². The number of hydrogen-bond acceptors (Lipinski definition) is 4. The van der Waals surface area contributed by atoms with Gasteiger partial charge in [-0.05, 0) is 6.42 Å². The average Bonchev–Trinajstić information content (AvgIpc) is 2.20. The number of carbonyl (C=O) groups excluding carboxylic acids is 2. The summed E-state index contributed by atoms with van der Waals surface area (Å²) in [5.74, 6) is 0. The van der Waals surface area contributed by atoms with Crippen LogP contribution in [-0.2, 0) is 9.47 Å². The Bertz CT molecular complexity index is 289. The van der Waals surface area contributed by atoms with Gasteiger partial charge in [0.15, 0.2) is 0 Å². The second-order valence-electron chi connectivity index (χ2n) is 3.25. The first-order valence-corrected chi connectivity index (χ1v) is 4.49. The molecule has 0 aromatic rings. The minimum Gasteiger partial charge on any atom is -0.449 e. The van der Waals surface area contributed by atoms with Crippen LogP contribution < -0.4 is 11.5 Å².